The second kappa shape index (κ2) is 21.5. The molecule has 19 rings (SSSR count). The molecule has 438 valence electrons. The summed E-state index contributed by atoms with van der Waals surface area (Å²) in [4.78, 5) is 11.9. The van der Waals surface area contributed by atoms with Gasteiger partial charge in [-0.05, 0) is 135 Å². The second-order valence-corrected chi connectivity index (χ2v) is 24.4. The minimum absolute atomic E-state index is 0.761. The van der Waals surface area contributed by atoms with Gasteiger partial charge in [-0.2, -0.15) is 0 Å². The lowest BCUT2D eigenvalue weighted by atomic mass is 9.94. The zero-order valence-corrected chi connectivity index (χ0v) is 51.0. The average molecular weight is 1200 g/mol. The Balaban J connectivity index is 1.08. The first-order valence-electron chi connectivity index (χ1n) is 32.1. The summed E-state index contributed by atoms with van der Waals surface area (Å²) in [7, 11) is 0. The third-order valence-electron chi connectivity index (χ3n) is 19.2. The van der Waals surface area contributed by atoms with E-state index >= 15 is 0 Å². The first kappa shape index (κ1) is 53.2. The molecule has 0 atom stereocenters. The van der Waals surface area contributed by atoms with Gasteiger partial charge in [-0.3, -0.25) is 14.1 Å². The SMILES string of the molecule is c1ccc(-c2ccc3c(c2)c2ccccc2n3-c2nc(-n3c4ccccc4c4cc(-c5ccccc5)ccc43)c(-n3c4ccccc4c4cc(-c5ccccc5)ccc43)c(-c3ccccc3-c3ccccn3)c2-n2c3ccccc3c3cc(-c4ccccc4)ccc32)cc1. The van der Waals surface area contributed by atoms with Gasteiger partial charge in [0, 0.05) is 60.4 Å². The molecule has 0 aliphatic heterocycles. The molecule has 0 saturated carbocycles. The summed E-state index contributed by atoms with van der Waals surface area (Å²) in [6, 6.07) is 122. The molecule has 0 saturated heterocycles. The number of pyridine rings is 2. The molecule has 19 aromatic rings. The van der Waals surface area contributed by atoms with E-state index in [1.807, 2.05) is 12.3 Å². The third-order valence-corrected chi connectivity index (χ3v) is 19.2. The van der Waals surface area contributed by atoms with Crippen molar-refractivity contribution in [2.45, 2.75) is 0 Å². The Hall–Kier alpha value is -12.6. The van der Waals surface area contributed by atoms with E-state index in [4.69, 9.17) is 9.97 Å². The van der Waals surface area contributed by atoms with Crippen molar-refractivity contribution in [3.63, 3.8) is 0 Å². The van der Waals surface area contributed by atoms with Gasteiger partial charge in [-0.15, -0.1) is 0 Å². The molecule has 0 aliphatic rings. The highest BCUT2D eigenvalue weighted by atomic mass is 15.2. The predicted octanol–water partition coefficient (Wildman–Crippen LogP) is 22.9. The molecule has 0 aliphatic carbocycles. The molecular weight excluding hydrogens is 1140 g/mol. The van der Waals surface area contributed by atoms with Gasteiger partial charge < -0.3 is 9.13 Å². The molecule has 0 N–H and O–H groups in total. The zero-order chi connectivity index (χ0) is 61.8. The number of benzene rings is 13. The molecule has 0 unspecified atom stereocenters. The average Bonchev–Trinajstić information content (AvgIpc) is 1.49. The topological polar surface area (TPSA) is 45.5 Å². The van der Waals surface area contributed by atoms with Crippen LogP contribution in [0.1, 0.15) is 0 Å². The highest BCUT2D eigenvalue weighted by Gasteiger charge is 2.34. The first-order valence-corrected chi connectivity index (χ1v) is 32.1. The first-order chi connectivity index (χ1) is 46.7. The molecule has 6 heteroatoms. The summed E-state index contributed by atoms with van der Waals surface area (Å²) in [6.45, 7) is 0. The largest absolute Gasteiger partial charge is 0.305 e. The number of fused-ring (bicyclic) bond motifs is 12. The van der Waals surface area contributed by atoms with Crippen LogP contribution in [0.2, 0.25) is 0 Å². The Morgan fingerprint density at radius 2 is 0.489 bits per heavy atom. The van der Waals surface area contributed by atoms with Crippen molar-refractivity contribution in [2.75, 3.05) is 0 Å². The molecule has 0 fully saturated rings. The number of para-hydroxylation sites is 4. The molecule has 0 radical (unpaired) electrons. The van der Waals surface area contributed by atoms with Gasteiger partial charge in [0.2, 0.25) is 0 Å². The summed E-state index contributed by atoms with van der Waals surface area (Å²) in [6.07, 6.45) is 1.91. The van der Waals surface area contributed by atoms with E-state index in [2.05, 4.69) is 346 Å². The van der Waals surface area contributed by atoms with Crippen LogP contribution in [0.25, 0.3) is 177 Å². The number of rotatable bonds is 10. The fourth-order valence-corrected chi connectivity index (χ4v) is 15.0. The van der Waals surface area contributed by atoms with Crippen LogP contribution in [0.5, 0.6) is 0 Å². The fourth-order valence-electron chi connectivity index (χ4n) is 15.0. The van der Waals surface area contributed by atoms with E-state index in [1.54, 1.807) is 0 Å². The summed E-state index contributed by atoms with van der Waals surface area (Å²) >= 11 is 0. The molecule has 6 nitrogen and oxygen atoms in total. The summed E-state index contributed by atoms with van der Waals surface area (Å²) in [5, 5.41) is 9.04. The van der Waals surface area contributed by atoms with Crippen LogP contribution < -0.4 is 0 Å². The maximum absolute atomic E-state index is 6.65. The van der Waals surface area contributed by atoms with E-state index in [0.29, 0.717) is 0 Å². The molecule has 0 bridgehead atoms. The van der Waals surface area contributed by atoms with Crippen molar-refractivity contribution in [3.05, 3.63) is 340 Å². The van der Waals surface area contributed by atoms with Crippen LogP contribution in [0, 0.1) is 0 Å². The maximum atomic E-state index is 6.65. The normalized spacial score (nSPS) is 11.8. The third kappa shape index (κ3) is 8.30. The molecule has 94 heavy (non-hydrogen) atoms. The minimum Gasteiger partial charge on any atom is -0.305 e. The fraction of sp³-hybridized carbons (Fsp3) is 0. The van der Waals surface area contributed by atoms with Crippen molar-refractivity contribution in [2.24, 2.45) is 0 Å². The van der Waals surface area contributed by atoms with Gasteiger partial charge in [0.05, 0.1) is 49.8 Å². The van der Waals surface area contributed by atoms with Crippen LogP contribution in [0.3, 0.4) is 0 Å². The van der Waals surface area contributed by atoms with Crippen molar-refractivity contribution >= 4 is 87.2 Å². The molecule has 6 heterocycles. The summed E-state index contributed by atoms with van der Waals surface area (Å²) in [5.74, 6) is 1.52. The van der Waals surface area contributed by atoms with Crippen LogP contribution >= 0.6 is 0 Å². The van der Waals surface area contributed by atoms with Crippen molar-refractivity contribution in [3.8, 4) is 89.9 Å². The Labute approximate surface area is 542 Å². The van der Waals surface area contributed by atoms with Gasteiger partial charge >= 0.3 is 0 Å². The van der Waals surface area contributed by atoms with Crippen LogP contribution in [-0.2, 0) is 0 Å². The summed E-state index contributed by atoms with van der Waals surface area (Å²) in [5.41, 5.74) is 23.2. The quantitative estimate of drug-likeness (QED) is 0.137. The zero-order valence-electron chi connectivity index (χ0n) is 51.0. The molecular formula is C88H56N6. The van der Waals surface area contributed by atoms with E-state index in [0.717, 1.165) is 177 Å². The highest BCUT2D eigenvalue weighted by Crippen LogP contribution is 2.51. The molecule has 6 aromatic heterocycles. The lowest BCUT2D eigenvalue weighted by Gasteiger charge is -2.27. The van der Waals surface area contributed by atoms with Crippen LogP contribution in [0.4, 0.5) is 0 Å². The lowest BCUT2D eigenvalue weighted by Crippen LogP contribution is -2.16. The predicted molar refractivity (Wildman–Crippen MR) is 392 cm³/mol. The number of nitrogens with zero attached hydrogens (tertiary/aromatic N) is 6. The standard InChI is InChI=1S/C88H56N6/c1-5-25-57(26-6-1)61-44-48-80-71(53-61)66-34-15-19-40-76(66)91(80)85-84(70-38-14-13-33-65(70)75-39-23-24-52-89-75)86(92-77-41-20-16-35-67(77)72-54-62(45-49-81(72)92)58-27-7-2-8-28-58)88(94-79-43-22-18-37-69(79)74-56-64(47-51-83(74)94)60-31-11-4-12-32-60)90-87(85)93-78-42-21-17-36-68(78)73-55-63(46-50-82(73)93)59-29-9-3-10-30-59/h1-56H. The van der Waals surface area contributed by atoms with Gasteiger partial charge in [0.1, 0.15) is 11.4 Å². The van der Waals surface area contributed by atoms with Gasteiger partial charge in [-0.25, -0.2) is 4.98 Å². The summed E-state index contributed by atoms with van der Waals surface area (Å²) < 4.78 is 10.0. The van der Waals surface area contributed by atoms with Crippen LogP contribution in [-0.4, -0.2) is 28.2 Å². The smallest absolute Gasteiger partial charge is 0.165 e. The molecule has 13 aromatic carbocycles. The van der Waals surface area contributed by atoms with Gasteiger partial charge in [0.25, 0.3) is 0 Å². The van der Waals surface area contributed by atoms with Gasteiger partial charge in [-0.1, -0.05) is 249 Å². The lowest BCUT2D eigenvalue weighted by molar-refractivity contribution is 0.961. The van der Waals surface area contributed by atoms with Gasteiger partial charge in [0.15, 0.2) is 11.6 Å². The highest BCUT2D eigenvalue weighted by molar-refractivity contribution is 6.17. The Morgan fingerprint density at radius 1 is 0.202 bits per heavy atom. The second-order valence-electron chi connectivity index (χ2n) is 24.4. The van der Waals surface area contributed by atoms with E-state index < -0.39 is 0 Å². The minimum atomic E-state index is 0.761. The number of aromatic nitrogens is 6. The monoisotopic (exact) mass is 1200 g/mol. The molecule has 0 spiro atoms. The van der Waals surface area contributed by atoms with E-state index in [9.17, 15) is 0 Å². The number of hydrogen-bond donors (Lipinski definition) is 0. The van der Waals surface area contributed by atoms with E-state index in [-0.39, 0.29) is 0 Å². The maximum Gasteiger partial charge on any atom is 0.165 e. The molecule has 0 amide bonds. The van der Waals surface area contributed by atoms with Crippen molar-refractivity contribution in [1.29, 1.82) is 0 Å². The number of hydrogen-bond acceptors (Lipinski definition) is 2. The van der Waals surface area contributed by atoms with Crippen molar-refractivity contribution in [1.82, 2.24) is 28.2 Å². The Bertz CT molecular complexity index is 5860. The Kier molecular flexibility index (Phi) is 12.2. The Morgan fingerprint density at radius 3 is 0.840 bits per heavy atom. The van der Waals surface area contributed by atoms with Crippen molar-refractivity contribution < 1.29 is 0 Å². The van der Waals surface area contributed by atoms with Crippen LogP contribution in [0.15, 0.2) is 340 Å². The van der Waals surface area contributed by atoms with E-state index in [1.165, 1.54) is 0 Å².